The fourth-order valence-corrected chi connectivity index (χ4v) is 10.7. The number of hydrogen-bond acceptors (Lipinski definition) is 5. The first-order chi connectivity index (χ1) is 20.1. The van der Waals surface area contributed by atoms with Crippen molar-refractivity contribution in [3.8, 4) is 5.75 Å². The van der Waals surface area contributed by atoms with E-state index < -0.39 is 8.32 Å². The van der Waals surface area contributed by atoms with E-state index in [1.165, 1.54) is 10.4 Å². The Labute approximate surface area is 254 Å². The minimum Gasteiger partial charge on any atom is -0.497 e. The van der Waals surface area contributed by atoms with Crippen molar-refractivity contribution in [2.45, 2.75) is 51.7 Å². The Bertz CT molecular complexity index is 1490. The highest BCUT2D eigenvalue weighted by atomic mass is 35.5. The molecule has 1 aliphatic heterocycles. The zero-order chi connectivity index (χ0) is 30.1. The predicted molar refractivity (Wildman–Crippen MR) is 172 cm³/mol. The van der Waals surface area contributed by atoms with Gasteiger partial charge in [0.2, 0.25) is 5.28 Å². The van der Waals surface area contributed by atoms with Crippen LogP contribution >= 0.6 is 11.6 Å². The van der Waals surface area contributed by atoms with E-state index in [1.54, 1.807) is 23.1 Å². The number of nitrogens with zero attached hydrogens (tertiary/aromatic N) is 4. The summed E-state index contributed by atoms with van der Waals surface area (Å²) in [6.07, 6.45) is 1.71. The number of fused-ring (bicyclic) bond motifs is 1. The molecule has 4 aromatic rings. The van der Waals surface area contributed by atoms with E-state index in [0.29, 0.717) is 12.4 Å². The minimum absolute atomic E-state index is 0.0942. The molecule has 1 aliphatic rings. The lowest BCUT2D eigenvalue weighted by Gasteiger charge is -2.46. The number of carbonyl (C=O) groups excluding carboxylic acids is 1. The van der Waals surface area contributed by atoms with E-state index in [9.17, 15) is 4.79 Å². The Kier molecular flexibility index (Phi) is 8.41. The molecule has 1 unspecified atom stereocenters. The summed E-state index contributed by atoms with van der Waals surface area (Å²) in [5.74, 6) is 1.23. The number of halogens is 1. The standard InChI is InChI=1S/C33H37ClN4O3Si/c1-23(22-41-42(33(3,4)5,27-13-9-7-10-14-27)28-15-11-8-12-16-28)37-30-29(21-35-31(34)36-30)24(2)38(32(37)39)25-17-19-26(40-6)20-18-25/h7-21,23-24H,22H2,1-6H3/t23-,24?/m0/s1. The number of hydrogen-bond donors (Lipinski definition) is 0. The number of ether oxygens (including phenoxy) is 1. The Morgan fingerprint density at radius 1 is 0.952 bits per heavy atom. The zero-order valence-electron chi connectivity index (χ0n) is 24.9. The Morgan fingerprint density at radius 2 is 1.52 bits per heavy atom. The van der Waals surface area contributed by atoms with Gasteiger partial charge in [0.25, 0.3) is 8.32 Å². The molecule has 0 N–H and O–H groups in total. The molecule has 0 bridgehead atoms. The van der Waals surface area contributed by atoms with Crippen LogP contribution in [0.1, 0.15) is 46.2 Å². The second-order valence-corrected chi connectivity index (χ2v) is 16.3. The van der Waals surface area contributed by atoms with Gasteiger partial charge >= 0.3 is 6.03 Å². The topological polar surface area (TPSA) is 67.8 Å². The molecule has 3 aromatic carbocycles. The molecule has 7 nitrogen and oxygen atoms in total. The smallest absolute Gasteiger partial charge is 0.331 e. The number of amides is 2. The first-order valence-electron chi connectivity index (χ1n) is 14.1. The fraction of sp³-hybridized carbons (Fsp3) is 0.303. The van der Waals surface area contributed by atoms with Crippen molar-refractivity contribution in [1.29, 1.82) is 0 Å². The number of anilines is 2. The monoisotopic (exact) mass is 600 g/mol. The summed E-state index contributed by atoms with van der Waals surface area (Å²) in [7, 11) is -1.21. The van der Waals surface area contributed by atoms with Gasteiger partial charge in [0.1, 0.15) is 11.6 Å². The van der Waals surface area contributed by atoms with E-state index in [4.69, 9.17) is 20.8 Å². The second-order valence-electron chi connectivity index (χ2n) is 11.6. The molecule has 0 saturated carbocycles. The first kappa shape index (κ1) is 29.8. The molecule has 1 aromatic heterocycles. The van der Waals surface area contributed by atoms with Crippen LogP contribution in [0.5, 0.6) is 5.75 Å². The quantitative estimate of drug-likeness (QED) is 0.168. The molecule has 0 aliphatic carbocycles. The van der Waals surface area contributed by atoms with E-state index >= 15 is 0 Å². The maximum absolute atomic E-state index is 14.3. The highest BCUT2D eigenvalue weighted by molar-refractivity contribution is 6.99. The molecule has 0 spiro atoms. The Hall–Kier alpha value is -3.72. The van der Waals surface area contributed by atoms with Crippen LogP contribution in [-0.4, -0.2) is 44.1 Å². The molecule has 218 valence electrons. The van der Waals surface area contributed by atoms with Crippen LogP contribution in [0.4, 0.5) is 16.3 Å². The van der Waals surface area contributed by atoms with Gasteiger partial charge in [0.05, 0.1) is 25.8 Å². The maximum Gasteiger partial charge on any atom is 0.331 e. The van der Waals surface area contributed by atoms with Crippen molar-refractivity contribution >= 4 is 47.8 Å². The number of urea groups is 1. The average Bonchev–Trinajstić information content (AvgIpc) is 2.98. The predicted octanol–water partition coefficient (Wildman–Crippen LogP) is 6.61. The molecule has 0 saturated heterocycles. The van der Waals surface area contributed by atoms with Crippen molar-refractivity contribution in [1.82, 2.24) is 9.97 Å². The average molecular weight is 601 g/mol. The molecule has 5 rings (SSSR count). The van der Waals surface area contributed by atoms with E-state index in [0.717, 1.165) is 17.0 Å². The van der Waals surface area contributed by atoms with Gasteiger partial charge in [0.15, 0.2) is 0 Å². The molecule has 0 radical (unpaired) electrons. The summed E-state index contributed by atoms with van der Waals surface area (Å²) in [5.41, 5.74) is 1.56. The van der Waals surface area contributed by atoms with Gasteiger partial charge in [-0.1, -0.05) is 81.4 Å². The highest BCUT2D eigenvalue weighted by Gasteiger charge is 2.51. The Morgan fingerprint density at radius 3 is 2.05 bits per heavy atom. The number of rotatable bonds is 8. The number of benzene rings is 3. The van der Waals surface area contributed by atoms with Gasteiger partial charge in [-0.3, -0.25) is 9.80 Å². The molecular formula is C33H37ClN4O3Si. The van der Waals surface area contributed by atoms with Crippen LogP contribution < -0.4 is 24.9 Å². The maximum atomic E-state index is 14.3. The van der Waals surface area contributed by atoms with Crippen molar-refractivity contribution in [2.75, 3.05) is 23.5 Å². The van der Waals surface area contributed by atoms with Crippen molar-refractivity contribution in [2.24, 2.45) is 0 Å². The van der Waals surface area contributed by atoms with E-state index in [-0.39, 0.29) is 28.4 Å². The molecular weight excluding hydrogens is 564 g/mol. The molecule has 2 heterocycles. The summed E-state index contributed by atoms with van der Waals surface area (Å²) < 4.78 is 12.5. The highest BCUT2D eigenvalue weighted by Crippen LogP contribution is 2.41. The number of methoxy groups -OCH3 is 1. The van der Waals surface area contributed by atoms with E-state index in [2.05, 4.69) is 79.3 Å². The third-order valence-electron chi connectivity index (χ3n) is 7.99. The van der Waals surface area contributed by atoms with Gasteiger partial charge in [-0.05, 0) is 65.1 Å². The number of aromatic nitrogens is 2. The van der Waals surface area contributed by atoms with E-state index in [1.807, 2.05) is 50.2 Å². The van der Waals surface area contributed by atoms with Crippen LogP contribution in [0.15, 0.2) is 91.1 Å². The molecule has 2 amide bonds. The SMILES string of the molecule is COc1ccc(N2C(=O)N([C@@H](C)CO[Si](c3ccccc3)(c3ccccc3)C(C)(C)C)c3nc(Cl)ncc3C2C)cc1. The summed E-state index contributed by atoms with van der Waals surface area (Å²) in [6.45, 7) is 11.0. The Balaban J connectivity index is 1.56. The number of carbonyl (C=O) groups is 1. The lowest BCUT2D eigenvalue weighted by Crippen LogP contribution is -2.67. The zero-order valence-corrected chi connectivity index (χ0v) is 26.7. The largest absolute Gasteiger partial charge is 0.497 e. The first-order valence-corrected chi connectivity index (χ1v) is 16.4. The van der Waals surface area contributed by atoms with Gasteiger partial charge in [-0.2, -0.15) is 4.98 Å². The molecule has 42 heavy (non-hydrogen) atoms. The van der Waals surface area contributed by atoms with Crippen LogP contribution in [0, 0.1) is 0 Å². The summed E-state index contributed by atoms with van der Waals surface area (Å²) in [6, 6.07) is 27.6. The lowest BCUT2D eigenvalue weighted by molar-refractivity contribution is 0.235. The molecule has 9 heteroatoms. The summed E-state index contributed by atoms with van der Waals surface area (Å²) in [4.78, 5) is 26.6. The van der Waals surface area contributed by atoms with Crippen LogP contribution in [0.3, 0.4) is 0 Å². The van der Waals surface area contributed by atoms with Gasteiger partial charge in [-0.25, -0.2) is 9.78 Å². The van der Waals surface area contributed by atoms with Crippen LogP contribution in [0.2, 0.25) is 10.3 Å². The minimum atomic E-state index is -2.83. The van der Waals surface area contributed by atoms with Crippen molar-refractivity contribution in [3.63, 3.8) is 0 Å². The summed E-state index contributed by atoms with van der Waals surface area (Å²) in [5, 5.41) is 2.26. The fourth-order valence-electron chi connectivity index (χ4n) is 5.92. The third-order valence-corrected chi connectivity index (χ3v) is 13.2. The van der Waals surface area contributed by atoms with Crippen LogP contribution in [0.25, 0.3) is 0 Å². The summed E-state index contributed by atoms with van der Waals surface area (Å²) >= 11 is 6.29. The van der Waals surface area contributed by atoms with Crippen molar-refractivity contribution in [3.05, 3.63) is 102 Å². The van der Waals surface area contributed by atoms with Gasteiger partial charge in [-0.15, -0.1) is 0 Å². The van der Waals surface area contributed by atoms with Gasteiger partial charge in [0, 0.05) is 17.4 Å². The molecule has 0 fully saturated rings. The van der Waals surface area contributed by atoms with Crippen LogP contribution in [-0.2, 0) is 4.43 Å². The third kappa shape index (κ3) is 5.30. The van der Waals surface area contributed by atoms with Gasteiger partial charge < -0.3 is 9.16 Å². The van der Waals surface area contributed by atoms with Crippen molar-refractivity contribution < 1.29 is 14.0 Å². The second kappa shape index (κ2) is 11.9. The molecule has 2 atom stereocenters. The normalized spacial score (nSPS) is 16.3. The lowest BCUT2D eigenvalue weighted by atomic mass is 10.0.